The van der Waals surface area contributed by atoms with Gasteiger partial charge in [-0.2, -0.15) is 0 Å². The molecule has 2 N–H and O–H groups in total. The van der Waals surface area contributed by atoms with Crippen LogP contribution in [-0.4, -0.2) is 32.5 Å². The van der Waals surface area contributed by atoms with Gasteiger partial charge >= 0.3 is 5.97 Å². The summed E-state index contributed by atoms with van der Waals surface area (Å²) in [5.74, 6) is -2.32. The number of nitrogens with one attached hydrogen (secondary N) is 1. The molecular weight excluding hydrogens is 254 g/mol. The maximum Gasteiger partial charge on any atom is 0.308 e. The first-order valence-corrected chi connectivity index (χ1v) is 5.58. The smallest absolute Gasteiger partial charge is 0.308 e. The van der Waals surface area contributed by atoms with Gasteiger partial charge in [0.05, 0.1) is 17.0 Å². The van der Waals surface area contributed by atoms with E-state index in [1.165, 1.54) is 24.7 Å². The van der Waals surface area contributed by atoms with Gasteiger partial charge in [0.25, 0.3) is 11.6 Å². The molecule has 2 atom stereocenters. The van der Waals surface area contributed by atoms with Gasteiger partial charge in [-0.15, -0.1) is 0 Å². The third-order valence-corrected chi connectivity index (χ3v) is 2.93. The summed E-state index contributed by atoms with van der Waals surface area (Å²) >= 11 is 0. The van der Waals surface area contributed by atoms with E-state index >= 15 is 0 Å². The molecule has 0 aliphatic carbocycles. The van der Waals surface area contributed by atoms with Crippen LogP contribution in [0.1, 0.15) is 24.3 Å². The Kier molecular flexibility index (Phi) is 4.26. The molecule has 8 heteroatoms. The number of carboxylic acids is 1. The van der Waals surface area contributed by atoms with Gasteiger partial charge in [-0.25, -0.2) is 0 Å². The zero-order valence-corrected chi connectivity index (χ0v) is 10.8. The summed E-state index contributed by atoms with van der Waals surface area (Å²) < 4.78 is 1.33. The van der Waals surface area contributed by atoms with Crippen molar-refractivity contribution in [3.8, 4) is 0 Å². The van der Waals surface area contributed by atoms with Crippen LogP contribution >= 0.6 is 0 Å². The summed E-state index contributed by atoms with van der Waals surface area (Å²) in [6.07, 6.45) is 1.22. The van der Waals surface area contributed by atoms with Crippen molar-refractivity contribution >= 4 is 17.6 Å². The molecule has 1 rings (SSSR count). The number of amides is 1. The van der Waals surface area contributed by atoms with Gasteiger partial charge in [-0.1, -0.05) is 0 Å². The van der Waals surface area contributed by atoms with Crippen LogP contribution in [0.2, 0.25) is 0 Å². The minimum Gasteiger partial charge on any atom is -0.481 e. The lowest BCUT2D eigenvalue weighted by Crippen LogP contribution is -2.40. The molecule has 0 aliphatic rings. The maximum absolute atomic E-state index is 11.9. The summed E-state index contributed by atoms with van der Waals surface area (Å²) in [5, 5.41) is 21.9. The molecule has 0 spiro atoms. The highest BCUT2D eigenvalue weighted by atomic mass is 16.6. The van der Waals surface area contributed by atoms with Crippen molar-refractivity contribution in [2.75, 3.05) is 0 Å². The lowest BCUT2D eigenvalue weighted by Gasteiger charge is -2.17. The number of rotatable bonds is 5. The fourth-order valence-corrected chi connectivity index (χ4v) is 1.49. The number of aryl methyl sites for hydroxylation is 1. The lowest BCUT2D eigenvalue weighted by molar-refractivity contribution is -0.384. The molecule has 1 aromatic heterocycles. The molecule has 104 valence electrons. The van der Waals surface area contributed by atoms with E-state index in [2.05, 4.69) is 5.32 Å². The van der Waals surface area contributed by atoms with E-state index in [0.29, 0.717) is 0 Å². The minimum absolute atomic E-state index is 0.108. The van der Waals surface area contributed by atoms with Crippen molar-refractivity contribution in [1.29, 1.82) is 0 Å². The summed E-state index contributed by atoms with van der Waals surface area (Å²) in [6, 6.07) is 0.562. The van der Waals surface area contributed by atoms with Gasteiger partial charge in [-0.05, 0) is 13.8 Å². The predicted octanol–water partition coefficient (Wildman–Crippen LogP) is 0.772. The first-order chi connectivity index (χ1) is 8.73. The Hall–Kier alpha value is -2.38. The number of carbonyl (C=O) groups is 2. The number of carboxylic acid groups (broad SMARTS) is 1. The van der Waals surface area contributed by atoms with Crippen LogP contribution in [0.3, 0.4) is 0 Å². The monoisotopic (exact) mass is 269 g/mol. The maximum atomic E-state index is 11.9. The first kappa shape index (κ1) is 14.7. The van der Waals surface area contributed by atoms with Crippen LogP contribution in [-0.2, 0) is 11.8 Å². The van der Waals surface area contributed by atoms with E-state index in [1.54, 1.807) is 6.92 Å². The lowest BCUT2D eigenvalue weighted by atomic mass is 10.0. The van der Waals surface area contributed by atoms with Crippen LogP contribution in [0, 0.1) is 16.0 Å². The van der Waals surface area contributed by atoms with E-state index in [0.717, 1.165) is 6.07 Å². The van der Waals surface area contributed by atoms with Gasteiger partial charge in [0, 0.05) is 19.2 Å². The van der Waals surface area contributed by atoms with E-state index in [1.807, 2.05) is 0 Å². The molecule has 19 heavy (non-hydrogen) atoms. The highest BCUT2D eigenvalue weighted by Crippen LogP contribution is 2.15. The SMILES string of the molecule is CC(NC(=O)c1cc([N+](=O)[O-])cn1C)C(C)C(=O)O. The second kappa shape index (κ2) is 5.51. The highest BCUT2D eigenvalue weighted by molar-refractivity contribution is 5.94. The first-order valence-electron chi connectivity index (χ1n) is 5.58. The number of nitrogens with zero attached hydrogens (tertiary/aromatic N) is 2. The van der Waals surface area contributed by atoms with Crippen molar-refractivity contribution in [3.05, 3.63) is 28.1 Å². The number of hydrogen-bond acceptors (Lipinski definition) is 4. The topological polar surface area (TPSA) is 114 Å². The van der Waals surface area contributed by atoms with Crippen molar-refractivity contribution in [3.63, 3.8) is 0 Å². The van der Waals surface area contributed by atoms with Crippen LogP contribution in [0.4, 0.5) is 5.69 Å². The molecule has 1 heterocycles. The molecule has 0 saturated carbocycles. The fourth-order valence-electron chi connectivity index (χ4n) is 1.49. The summed E-state index contributed by atoms with van der Waals surface area (Å²) in [6.45, 7) is 3.04. The molecule has 2 unspecified atom stereocenters. The molecule has 0 saturated heterocycles. The van der Waals surface area contributed by atoms with E-state index in [9.17, 15) is 19.7 Å². The van der Waals surface area contributed by atoms with Crippen LogP contribution in [0.5, 0.6) is 0 Å². The van der Waals surface area contributed by atoms with Crippen LogP contribution < -0.4 is 5.32 Å². The predicted molar refractivity (Wildman–Crippen MR) is 65.8 cm³/mol. The van der Waals surface area contributed by atoms with Gasteiger partial charge in [0.2, 0.25) is 0 Å². The molecule has 8 nitrogen and oxygen atoms in total. The fraction of sp³-hybridized carbons (Fsp3) is 0.455. The normalized spacial score (nSPS) is 13.6. The van der Waals surface area contributed by atoms with E-state index < -0.39 is 28.8 Å². The number of nitro groups is 1. The number of hydrogen-bond donors (Lipinski definition) is 2. The van der Waals surface area contributed by atoms with Gasteiger partial charge in [-0.3, -0.25) is 19.7 Å². The quantitative estimate of drug-likeness (QED) is 0.605. The molecule has 0 aliphatic heterocycles. The van der Waals surface area contributed by atoms with Crippen LogP contribution in [0.15, 0.2) is 12.3 Å². The highest BCUT2D eigenvalue weighted by Gasteiger charge is 2.24. The van der Waals surface area contributed by atoms with Crippen molar-refractivity contribution in [2.24, 2.45) is 13.0 Å². The number of carbonyl (C=O) groups excluding carboxylic acids is 1. The van der Waals surface area contributed by atoms with Crippen molar-refractivity contribution in [1.82, 2.24) is 9.88 Å². The third-order valence-electron chi connectivity index (χ3n) is 2.93. The molecule has 0 fully saturated rings. The van der Waals surface area contributed by atoms with Crippen LogP contribution in [0.25, 0.3) is 0 Å². The van der Waals surface area contributed by atoms with Crippen molar-refractivity contribution in [2.45, 2.75) is 19.9 Å². The minimum atomic E-state index is -1.02. The zero-order chi connectivity index (χ0) is 14.7. The molecule has 1 aromatic rings. The molecule has 0 bridgehead atoms. The third kappa shape index (κ3) is 3.30. The second-order valence-corrected chi connectivity index (χ2v) is 4.34. The Morgan fingerprint density at radius 1 is 1.47 bits per heavy atom. The Labute approximate surface area is 109 Å². The Morgan fingerprint density at radius 2 is 2.05 bits per heavy atom. The summed E-state index contributed by atoms with van der Waals surface area (Å²) in [7, 11) is 1.51. The summed E-state index contributed by atoms with van der Waals surface area (Å²) in [5.41, 5.74) is -0.0808. The van der Waals surface area contributed by atoms with Gasteiger partial charge in [0.1, 0.15) is 5.69 Å². The standard InChI is InChI=1S/C11H15N3O5/c1-6(11(16)17)7(2)12-10(15)9-4-8(14(18)19)5-13(9)3/h4-7H,1-3H3,(H,12,15)(H,16,17). The average Bonchev–Trinajstić information content (AvgIpc) is 2.70. The van der Waals surface area contributed by atoms with Gasteiger partial charge in [0.15, 0.2) is 0 Å². The molecule has 0 aromatic carbocycles. The molecular formula is C11H15N3O5. The Bertz CT molecular complexity index is 522. The van der Waals surface area contributed by atoms with E-state index in [-0.39, 0.29) is 11.4 Å². The number of aromatic nitrogens is 1. The van der Waals surface area contributed by atoms with E-state index in [4.69, 9.17) is 5.11 Å². The largest absolute Gasteiger partial charge is 0.481 e. The average molecular weight is 269 g/mol. The Balaban J connectivity index is 2.84. The second-order valence-electron chi connectivity index (χ2n) is 4.34. The van der Waals surface area contributed by atoms with Crippen molar-refractivity contribution < 1.29 is 19.6 Å². The Morgan fingerprint density at radius 3 is 2.47 bits per heavy atom. The number of aliphatic carboxylic acids is 1. The zero-order valence-electron chi connectivity index (χ0n) is 10.8. The van der Waals surface area contributed by atoms with Gasteiger partial charge < -0.3 is 15.0 Å². The molecule has 0 radical (unpaired) electrons. The summed E-state index contributed by atoms with van der Waals surface area (Å²) in [4.78, 5) is 32.7. The molecule has 1 amide bonds.